The topological polar surface area (TPSA) is 95.6 Å². The van der Waals surface area contributed by atoms with Crippen LogP contribution in [0.25, 0.3) is 0 Å². The predicted octanol–water partition coefficient (Wildman–Crippen LogP) is 4.10. The molecule has 0 saturated heterocycles. The Bertz CT molecular complexity index is 1200. The van der Waals surface area contributed by atoms with Gasteiger partial charge in [-0.05, 0) is 62.4 Å². The molecule has 3 aromatic rings. The van der Waals surface area contributed by atoms with Gasteiger partial charge in [0.15, 0.2) is 0 Å². The fourth-order valence-electron chi connectivity index (χ4n) is 3.03. The Balaban J connectivity index is 1.85. The minimum Gasteiger partial charge on any atom is -0.326 e. The zero-order chi connectivity index (χ0) is 23.3. The van der Waals surface area contributed by atoms with Crippen molar-refractivity contribution in [1.82, 2.24) is 0 Å². The monoisotopic (exact) mass is 451 g/mol. The molecule has 0 aliphatic carbocycles. The van der Waals surface area contributed by atoms with E-state index in [0.29, 0.717) is 17.1 Å². The van der Waals surface area contributed by atoms with Crippen molar-refractivity contribution in [2.24, 2.45) is 0 Å². The first-order valence-electron chi connectivity index (χ1n) is 9.99. The molecule has 0 aromatic heterocycles. The third-order valence-electron chi connectivity index (χ3n) is 4.71. The average molecular weight is 452 g/mol. The average Bonchev–Trinajstić information content (AvgIpc) is 2.74. The molecule has 3 aromatic carbocycles. The molecular weight excluding hydrogens is 426 g/mol. The van der Waals surface area contributed by atoms with Crippen molar-refractivity contribution in [3.05, 3.63) is 83.9 Å². The first-order chi connectivity index (χ1) is 15.1. The van der Waals surface area contributed by atoms with E-state index in [0.717, 1.165) is 15.4 Å². The number of aryl methyl sites for hydroxylation is 2. The van der Waals surface area contributed by atoms with Crippen LogP contribution in [0, 0.1) is 13.8 Å². The van der Waals surface area contributed by atoms with Gasteiger partial charge in [0.05, 0.1) is 10.6 Å². The van der Waals surface area contributed by atoms with Crippen LogP contribution in [0.2, 0.25) is 0 Å². The van der Waals surface area contributed by atoms with E-state index in [4.69, 9.17) is 0 Å². The maximum absolute atomic E-state index is 13.4. The molecule has 0 fully saturated rings. The summed E-state index contributed by atoms with van der Waals surface area (Å²) in [7, 11) is -3.97. The third-order valence-corrected chi connectivity index (χ3v) is 6.50. The standard InChI is InChI=1S/C24H25N3O4S/c1-17-4-12-22(13-5-17)27(32(30,31)23-14-6-18(2)7-15-23)16-24(29)26-21-10-8-20(9-11-21)25-19(3)28/h4-15H,16H2,1-3H3,(H,25,28)(H,26,29). The van der Waals surface area contributed by atoms with Crippen LogP contribution in [0.1, 0.15) is 18.1 Å². The second kappa shape index (κ2) is 9.65. The summed E-state index contributed by atoms with van der Waals surface area (Å²) in [6.07, 6.45) is 0. The Hall–Kier alpha value is -3.65. The Labute approximate surface area is 188 Å². The lowest BCUT2D eigenvalue weighted by Crippen LogP contribution is -2.38. The third kappa shape index (κ3) is 5.73. The highest BCUT2D eigenvalue weighted by atomic mass is 32.2. The lowest BCUT2D eigenvalue weighted by molar-refractivity contribution is -0.115. The molecule has 2 N–H and O–H groups in total. The van der Waals surface area contributed by atoms with Crippen LogP contribution in [0.15, 0.2) is 77.7 Å². The fourth-order valence-corrected chi connectivity index (χ4v) is 4.46. The number of carbonyl (C=O) groups excluding carboxylic acids is 2. The van der Waals surface area contributed by atoms with Gasteiger partial charge in [0.25, 0.3) is 10.0 Å². The molecule has 8 heteroatoms. The minimum absolute atomic E-state index is 0.108. The zero-order valence-corrected chi connectivity index (χ0v) is 18.9. The van der Waals surface area contributed by atoms with Gasteiger partial charge < -0.3 is 10.6 Å². The minimum atomic E-state index is -3.97. The normalized spacial score (nSPS) is 11.0. The van der Waals surface area contributed by atoms with Gasteiger partial charge in [-0.2, -0.15) is 0 Å². The van der Waals surface area contributed by atoms with Crippen molar-refractivity contribution in [2.75, 3.05) is 21.5 Å². The molecule has 0 radical (unpaired) electrons. The first-order valence-corrected chi connectivity index (χ1v) is 11.4. The lowest BCUT2D eigenvalue weighted by atomic mass is 10.2. The molecule has 0 spiro atoms. The number of nitrogens with zero attached hydrogens (tertiary/aromatic N) is 1. The molecule has 0 unspecified atom stereocenters. The first kappa shape index (κ1) is 23.0. The van der Waals surface area contributed by atoms with E-state index in [-0.39, 0.29) is 10.8 Å². The van der Waals surface area contributed by atoms with Gasteiger partial charge in [-0.3, -0.25) is 13.9 Å². The Morgan fingerprint density at radius 2 is 1.22 bits per heavy atom. The van der Waals surface area contributed by atoms with Crippen molar-refractivity contribution in [3.8, 4) is 0 Å². The number of carbonyl (C=O) groups is 2. The van der Waals surface area contributed by atoms with Crippen LogP contribution < -0.4 is 14.9 Å². The molecule has 0 bridgehead atoms. The summed E-state index contributed by atoms with van der Waals surface area (Å²) >= 11 is 0. The number of rotatable bonds is 7. The van der Waals surface area contributed by atoms with Crippen molar-refractivity contribution >= 4 is 38.9 Å². The number of benzene rings is 3. The van der Waals surface area contributed by atoms with E-state index in [1.165, 1.54) is 19.1 Å². The van der Waals surface area contributed by atoms with Crippen LogP contribution in [-0.4, -0.2) is 26.8 Å². The van der Waals surface area contributed by atoms with Crippen molar-refractivity contribution in [1.29, 1.82) is 0 Å². The van der Waals surface area contributed by atoms with Gasteiger partial charge in [-0.15, -0.1) is 0 Å². The van der Waals surface area contributed by atoms with Crippen LogP contribution in [0.5, 0.6) is 0 Å². The van der Waals surface area contributed by atoms with Crippen molar-refractivity contribution < 1.29 is 18.0 Å². The van der Waals surface area contributed by atoms with E-state index in [2.05, 4.69) is 10.6 Å². The van der Waals surface area contributed by atoms with Crippen LogP contribution in [0.3, 0.4) is 0 Å². The molecule has 0 aliphatic heterocycles. The van der Waals surface area contributed by atoms with Crippen LogP contribution in [0.4, 0.5) is 17.1 Å². The summed E-state index contributed by atoms with van der Waals surface area (Å²) in [6, 6.07) is 20.0. The van der Waals surface area contributed by atoms with Crippen molar-refractivity contribution in [3.63, 3.8) is 0 Å². The van der Waals surface area contributed by atoms with Crippen molar-refractivity contribution in [2.45, 2.75) is 25.7 Å². The number of sulfonamides is 1. The molecule has 166 valence electrons. The van der Waals surface area contributed by atoms with Gasteiger partial charge in [0, 0.05) is 18.3 Å². The Kier molecular flexibility index (Phi) is 6.95. The van der Waals surface area contributed by atoms with Gasteiger partial charge in [0.2, 0.25) is 11.8 Å². The van der Waals surface area contributed by atoms with E-state index >= 15 is 0 Å². The molecule has 3 rings (SSSR count). The summed E-state index contributed by atoms with van der Waals surface area (Å²) in [5.74, 6) is -0.689. The summed E-state index contributed by atoms with van der Waals surface area (Å²) in [4.78, 5) is 24.0. The molecule has 0 heterocycles. The maximum atomic E-state index is 13.4. The number of nitrogens with one attached hydrogen (secondary N) is 2. The zero-order valence-electron chi connectivity index (χ0n) is 18.1. The quantitative estimate of drug-likeness (QED) is 0.565. The van der Waals surface area contributed by atoms with Gasteiger partial charge >= 0.3 is 0 Å². The highest BCUT2D eigenvalue weighted by molar-refractivity contribution is 7.92. The molecular formula is C24H25N3O4S. The molecule has 0 atom stereocenters. The molecule has 7 nitrogen and oxygen atoms in total. The van der Waals surface area contributed by atoms with E-state index in [1.807, 2.05) is 13.8 Å². The largest absolute Gasteiger partial charge is 0.326 e. The van der Waals surface area contributed by atoms with Gasteiger partial charge in [-0.25, -0.2) is 8.42 Å². The highest BCUT2D eigenvalue weighted by Crippen LogP contribution is 2.24. The number of hydrogen-bond acceptors (Lipinski definition) is 4. The molecule has 2 amide bonds. The lowest BCUT2D eigenvalue weighted by Gasteiger charge is -2.24. The van der Waals surface area contributed by atoms with E-state index < -0.39 is 22.5 Å². The maximum Gasteiger partial charge on any atom is 0.264 e. The fraction of sp³-hybridized carbons (Fsp3) is 0.167. The summed E-state index contributed by atoms with van der Waals surface area (Å²) < 4.78 is 27.8. The number of anilines is 3. The summed E-state index contributed by atoms with van der Waals surface area (Å²) in [5.41, 5.74) is 3.39. The highest BCUT2D eigenvalue weighted by Gasteiger charge is 2.27. The molecule has 0 aliphatic rings. The molecule has 32 heavy (non-hydrogen) atoms. The number of amides is 2. The van der Waals surface area contributed by atoms with E-state index in [9.17, 15) is 18.0 Å². The van der Waals surface area contributed by atoms with E-state index in [1.54, 1.807) is 60.7 Å². The summed E-state index contributed by atoms with van der Waals surface area (Å²) in [5, 5.41) is 5.36. The Morgan fingerprint density at radius 3 is 1.72 bits per heavy atom. The Morgan fingerprint density at radius 1 is 0.750 bits per heavy atom. The molecule has 0 saturated carbocycles. The van der Waals surface area contributed by atoms with Crippen LogP contribution >= 0.6 is 0 Å². The second-order valence-corrected chi connectivity index (χ2v) is 9.33. The second-order valence-electron chi connectivity index (χ2n) is 7.47. The predicted molar refractivity (Wildman–Crippen MR) is 126 cm³/mol. The SMILES string of the molecule is CC(=O)Nc1ccc(NC(=O)CN(c2ccc(C)cc2)S(=O)(=O)c2ccc(C)cc2)cc1. The summed E-state index contributed by atoms with van der Waals surface area (Å²) in [6.45, 7) is 4.79. The number of hydrogen-bond donors (Lipinski definition) is 2. The van der Waals surface area contributed by atoms with Gasteiger partial charge in [0.1, 0.15) is 6.54 Å². The van der Waals surface area contributed by atoms with Crippen LogP contribution in [-0.2, 0) is 19.6 Å². The van der Waals surface area contributed by atoms with Gasteiger partial charge in [-0.1, -0.05) is 35.4 Å². The smallest absolute Gasteiger partial charge is 0.264 e.